The first-order valence-electron chi connectivity index (χ1n) is 5.87. The maximum absolute atomic E-state index is 5.78. The molecule has 1 N–H and O–H groups in total. The van der Waals surface area contributed by atoms with Crippen molar-refractivity contribution in [3.8, 4) is 17.5 Å². The third-order valence-electron chi connectivity index (χ3n) is 2.57. The van der Waals surface area contributed by atoms with Gasteiger partial charge in [0.05, 0.1) is 7.11 Å². The number of benzene rings is 1. The molecular weight excluding hydrogens is 284 g/mol. The van der Waals surface area contributed by atoms with Gasteiger partial charge in [0, 0.05) is 11.8 Å². The van der Waals surface area contributed by atoms with Gasteiger partial charge in [-0.2, -0.15) is 15.0 Å². The van der Waals surface area contributed by atoms with Crippen LogP contribution in [0.3, 0.4) is 0 Å². The summed E-state index contributed by atoms with van der Waals surface area (Å²) in [7, 11) is 1.46. The van der Waals surface area contributed by atoms with Crippen LogP contribution < -0.4 is 19.5 Å². The number of nitrogens with zero attached hydrogens (tertiary/aromatic N) is 3. The predicted molar refractivity (Wildman–Crippen MR) is 72.1 cm³/mol. The van der Waals surface area contributed by atoms with Crippen LogP contribution in [0.2, 0.25) is 5.28 Å². The third-order valence-corrected chi connectivity index (χ3v) is 2.74. The van der Waals surface area contributed by atoms with Gasteiger partial charge in [-0.3, -0.25) is 0 Å². The van der Waals surface area contributed by atoms with Crippen LogP contribution in [-0.2, 0) is 0 Å². The van der Waals surface area contributed by atoms with Gasteiger partial charge in [0.25, 0.3) is 0 Å². The number of nitrogens with one attached hydrogen (secondary N) is 1. The zero-order valence-electron chi connectivity index (χ0n) is 10.6. The molecule has 0 amide bonds. The lowest BCUT2D eigenvalue weighted by Crippen LogP contribution is -2.15. The zero-order chi connectivity index (χ0) is 13.9. The Labute approximate surface area is 119 Å². The number of fused-ring (bicyclic) bond motifs is 1. The molecule has 1 aromatic heterocycles. The van der Waals surface area contributed by atoms with Crippen LogP contribution in [0.1, 0.15) is 0 Å². The minimum Gasteiger partial charge on any atom is -0.486 e. The molecule has 0 radical (unpaired) electrons. The number of anilines is 2. The number of hydrogen-bond donors (Lipinski definition) is 1. The fourth-order valence-electron chi connectivity index (χ4n) is 1.73. The van der Waals surface area contributed by atoms with E-state index in [9.17, 15) is 0 Å². The summed E-state index contributed by atoms with van der Waals surface area (Å²) in [5.41, 5.74) is 0.749. The number of ether oxygens (including phenoxy) is 3. The Balaban J connectivity index is 1.85. The lowest BCUT2D eigenvalue weighted by Gasteiger charge is -2.19. The van der Waals surface area contributed by atoms with Crippen molar-refractivity contribution in [2.24, 2.45) is 0 Å². The summed E-state index contributed by atoms with van der Waals surface area (Å²) in [6, 6.07) is 5.60. The second-order valence-electron chi connectivity index (χ2n) is 3.90. The first-order chi connectivity index (χ1) is 9.74. The van der Waals surface area contributed by atoms with Crippen molar-refractivity contribution in [1.29, 1.82) is 0 Å². The molecule has 104 valence electrons. The van der Waals surface area contributed by atoms with Crippen LogP contribution in [0.15, 0.2) is 18.2 Å². The fraction of sp³-hybridized carbons (Fsp3) is 0.250. The maximum Gasteiger partial charge on any atom is 0.322 e. The molecule has 1 aromatic carbocycles. The quantitative estimate of drug-likeness (QED) is 0.928. The first-order valence-corrected chi connectivity index (χ1v) is 6.24. The second-order valence-corrected chi connectivity index (χ2v) is 4.24. The van der Waals surface area contributed by atoms with E-state index in [-0.39, 0.29) is 11.3 Å². The molecule has 2 aromatic rings. The standard InChI is InChI=1S/C12H11ClN4O3/c1-18-12-16-10(13)15-11(17-12)14-7-2-3-8-9(6-7)20-5-4-19-8/h2-3,6H,4-5H2,1H3,(H,14,15,16,17). The van der Waals surface area contributed by atoms with Crippen molar-refractivity contribution in [2.75, 3.05) is 25.6 Å². The first kappa shape index (κ1) is 12.7. The summed E-state index contributed by atoms with van der Waals surface area (Å²) in [6.45, 7) is 1.09. The molecule has 7 nitrogen and oxygen atoms in total. The molecule has 0 spiro atoms. The Morgan fingerprint density at radius 2 is 1.95 bits per heavy atom. The molecule has 1 aliphatic heterocycles. The van der Waals surface area contributed by atoms with Gasteiger partial charge in [-0.25, -0.2) is 0 Å². The van der Waals surface area contributed by atoms with E-state index in [1.54, 1.807) is 6.07 Å². The molecular formula is C12H11ClN4O3. The van der Waals surface area contributed by atoms with Gasteiger partial charge >= 0.3 is 6.01 Å². The topological polar surface area (TPSA) is 78.4 Å². The van der Waals surface area contributed by atoms with Crippen LogP contribution in [0, 0.1) is 0 Å². The average Bonchev–Trinajstić information content (AvgIpc) is 2.46. The molecule has 2 heterocycles. The molecule has 0 unspecified atom stereocenters. The van der Waals surface area contributed by atoms with Crippen LogP contribution in [-0.4, -0.2) is 35.3 Å². The summed E-state index contributed by atoms with van der Waals surface area (Å²) in [5, 5.41) is 3.06. The summed E-state index contributed by atoms with van der Waals surface area (Å²) >= 11 is 5.78. The average molecular weight is 295 g/mol. The van der Waals surface area contributed by atoms with E-state index in [1.165, 1.54) is 7.11 Å². The Morgan fingerprint density at radius 3 is 2.75 bits per heavy atom. The minimum absolute atomic E-state index is 0.0527. The Hall–Kier alpha value is -2.28. The third kappa shape index (κ3) is 2.67. The van der Waals surface area contributed by atoms with E-state index in [0.29, 0.717) is 30.7 Å². The van der Waals surface area contributed by atoms with Crippen molar-refractivity contribution in [2.45, 2.75) is 0 Å². The predicted octanol–water partition coefficient (Wildman–Crippen LogP) is 2.05. The van der Waals surface area contributed by atoms with Gasteiger partial charge in [-0.15, -0.1) is 0 Å². The van der Waals surface area contributed by atoms with E-state index < -0.39 is 0 Å². The molecule has 0 saturated carbocycles. The van der Waals surface area contributed by atoms with Crippen LogP contribution >= 0.6 is 11.6 Å². The fourth-order valence-corrected chi connectivity index (χ4v) is 1.88. The van der Waals surface area contributed by atoms with Gasteiger partial charge in [-0.1, -0.05) is 0 Å². The van der Waals surface area contributed by atoms with Crippen molar-refractivity contribution in [1.82, 2.24) is 15.0 Å². The van der Waals surface area contributed by atoms with Gasteiger partial charge < -0.3 is 19.5 Å². The number of rotatable bonds is 3. The zero-order valence-corrected chi connectivity index (χ0v) is 11.3. The Bertz CT molecular complexity index is 638. The number of halogens is 1. The van der Waals surface area contributed by atoms with Crippen LogP contribution in [0.4, 0.5) is 11.6 Å². The normalized spacial score (nSPS) is 12.9. The summed E-state index contributed by atoms with van der Waals surface area (Å²) < 4.78 is 15.9. The van der Waals surface area contributed by atoms with Crippen molar-refractivity contribution < 1.29 is 14.2 Å². The molecule has 0 atom stereocenters. The lowest BCUT2D eigenvalue weighted by atomic mass is 10.2. The Kier molecular flexibility index (Phi) is 3.42. The SMILES string of the molecule is COc1nc(Cl)nc(Nc2ccc3c(c2)OCCO3)n1. The molecule has 0 aliphatic carbocycles. The van der Waals surface area contributed by atoms with E-state index >= 15 is 0 Å². The molecule has 0 bridgehead atoms. The van der Waals surface area contributed by atoms with E-state index in [4.69, 9.17) is 25.8 Å². The molecule has 1 aliphatic rings. The van der Waals surface area contributed by atoms with Gasteiger partial charge in [0.1, 0.15) is 13.2 Å². The largest absolute Gasteiger partial charge is 0.486 e. The highest BCUT2D eigenvalue weighted by atomic mass is 35.5. The lowest BCUT2D eigenvalue weighted by molar-refractivity contribution is 0.171. The van der Waals surface area contributed by atoms with Crippen LogP contribution in [0.25, 0.3) is 0 Å². The molecule has 20 heavy (non-hydrogen) atoms. The number of methoxy groups -OCH3 is 1. The van der Waals surface area contributed by atoms with Crippen molar-refractivity contribution >= 4 is 23.2 Å². The summed E-state index contributed by atoms with van der Waals surface area (Å²) in [4.78, 5) is 11.8. The highest BCUT2D eigenvalue weighted by Gasteiger charge is 2.12. The molecule has 8 heteroatoms. The molecule has 0 saturated heterocycles. The summed E-state index contributed by atoms with van der Waals surface area (Å²) in [5.74, 6) is 1.68. The minimum atomic E-state index is 0.0527. The number of hydrogen-bond acceptors (Lipinski definition) is 7. The second kappa shape index (κ2) is 5.38. The highest BCUT2D eigenvalue weighted by molar-refractivity contribution is 6.28. The molecule has 3 rings (SSSR count). The van der Waals surface area contributed by atoms with Gasteiger partial charge in [0.15, 0.2) is 11.5 Å². The van der Waals surface area contributed by atoms with Crippen molar-refractivity contribution in [3.05, 3.63) is 23.5 Å². The highest BCUT2D eigenvalue weighted by Crippen LogP contribution is 2.33. The van der Waals surface area contributed by atoms with Gasteiger partial charge in [-0.05, 0) is 23.7 Å². The van der Waals surface area contributed by atoms with Crippen molar-refractivity contribution in [3.63, 3.8) is 0 Å². The Morgan fingerprint density at radius 1 is 1.15 bits per heavy atom. The van der Waals surface area contributed by atoms with Gasteiger partial charge in [0.2, 0.25) is 11.2 Å². The van der Waals surface area contributed by atoms with E-state index in [1.807, 2.05) is 12.1 Å². The summed E-state index contributed by atoms with van der Waals surface area (Å²) in [6.07, 6.45) is 0. The maximum atomic E-state index is 5.78. The molecule has 0 fully saturated rings. The van der Waals surface area contributed by atoms with E-state index in [2.05, 4.69) is 20.3 Å². The monoisotopic (exact) mass is 294 g/mol. The number of aromatic nitrogens is 3. The van der Waals surface area contributed by atoms with E-state index in [0.717, 1.165) is 5.69 Å². The smallest absolute Gasteiger partial charge is 0.322 e. The van der Waals surface area contributed by atoms with Crippen LogP contribution in [0.5, 0.6) is 17.5 Å².